The highest BCUT2D eigenvalue weighted by Gasteiger charge is 2.28. The average Bonchev–Trinajstić information content (AvgIpc) is 2.52. The summed E-state index contributed by atoms with van der Waals surface area (Å²) in [5, 5.41) is 14.3. The SMILES string of the molecule is CC(NC(=O)C(OC(N)=O)C(C)C)C(=O)Nc1ccc(CO)c(I)c1. The number of hydrogen-bond donors (Lipinski definition) is 4. The third-order valence-electron chi connectivity index (χ3n) is 3.35. The Hall–Kier alpha value is -1.88. The third kappa shape index (κ3) is 6.50. The summed E-state index contributed by atoms with van der Waals surface area (Å²) in [4.78, 5) is 35.3. The lowest BCUT2D eigenvalue weighted by molar-refractivity contribution is -0.134. The molecule has 1 aromatic rings. The number of hydrogen-bond acceptors (Lipinski definition) is 5. The normalized spacial score (nSPS) is 13.0. The number of nitrogens with one attached hydrogen (secondary N) is 2. The highest BCUT2D eigenvalue weighted by molar-refractivity contribution is 14.1. The van der Waals surface area contributed by atoms with Crippen molar-refractivity contribution in [2.45, 2.75) is 39.5 Å². The maximum atomic E-state index is 12.2. The number of aliphatic hydroxyl groups is 1. The first-order valence-corrected chi connectivity index (χ1v) is 8.70. The molecule has 0 fully saturated rings. The minimum atomic E-state index is -1.07. The van der Waals surface area contributed by atoms with E-state index in [-0.39, 0.29) is 12.5 Å². The largest absolute Gasteiger partial charge is 0.436 e. The molecular weight excluding hydrogens is 441 g/mol. The quantitative estimate of drug-likeness (QED) is 0.454. The Kier molecular flexibility index (Phi) is 8.10. The molecule has 0 aromatic heterocycles. The van der Waals surface area contributed by atoms with E-state index in [9.17, 15) is 14.4 Å². The van der Waals surface area contributed by atoms with Crippen LogP contribution in [0.3, 0.4) is 0 Å². The molecule has 1 aromatic carbocycles. The molecule has 0 aliphatic rings. The van der Waals surface area contributed by atoms with E-state index in [0.29, 0.717) is 5.69 Å². The summed E-state index contributed by atoms with van der Waals surface area (Å²) in [6.07, 6.45) is -2.12. The molecule has 9 heteroatoms. The molecule has 0 saturated carbocycles. The minimum Gasteiger partial charge on any atom is -0.436 e. The zero-order chi connectivity index (χ0) is 19.1. The van der Waals surface area contributed by atoms with Crippen LogP contribution in [0, 0.1) is 9.49 Å². The molecule has 2 unspecified atom stereocenters. The van der Waals surface area contributed by atoms with E-state index >= 15 is 0 Å². The fraction of sp³-hybridized carbons (Fsp3) is 0.438. The Labute approximate surface area is 159 Å². The Morgan fingerprint density at radius 1 is 1.24 bits per heavy atom. The number of carbonyl (C=O) groups excluding carboxylic acids is 3. The van der Waals surface area contributed by atoms with E-state index in [2.05, 4.69) is 33.2 Å². The summed E-state index contributed by atoms with van der Waals surface area (Å²) in [6.45, 7) is 4.82. The first kappa shape index (κ1) is 21.2. The van der Waals surface area contributed by atoms with Crippen LogP contribution in [0.1, 0.15) is 26.3 Å². The number of carbonyl (C=O) groups is 3. The Morgan fingerprint density at radius 2 is 1.88 bits per heavy atom. The predicted octanol–water partition coefficient (Wildman–Crippen LogP) is 1.35. The van der Waals surface area contributed by atoms with Crippen molar-refractivity contribution in [3.8, 4) is 0 Å². The first-order chi connectivity index (χ1) is 11.6. The van der Waals surface area contributed by atoms with Crippen molar-refractivity contribution in [2.75, 3.05) is 5.32 Å². The molecule has 0 spiro atoms. The minimum absolute atomic E-state index is 0.0879. The van der Waals surface area contributed by atoms with Crippen LogP contribution >= 0.6 is 22.6 Å². The van der Waals surface area contributed by atoms with Gasteiger partial charge >= 0.3 is 6.09 Å². The maximum absolute atomic E-state index is 12.2. The summed E-state index contributed by atoms with van der Waals surface area (Å²) in [5.41, 5.74) is 6.26. The van der Waals surface area contributed by atoms with Crippen molar-refractivity contribution >= 4 is 46.2 Å². The summed E-state index contributed by atoms with van der Waals surface area (Å²) < 4.78 is 5.59. The molecule has 0 aliphatic carbocycles. The second-order valence-corrected chi connectivity index (χ2v) is 6.95. The van der Waals surface area contributed by atoms with Crippen LogP contribution in [0.25, 0.3) is 0 Å². The lowest BCUT2D eigenvalue weighted by Crippen LogP contribution is -2.49. The van der Waals surface area contributed by atoms with Crippen molar-refractivity contribution in [1.29, 1.82) is 0 Å². The highest BCUT2D eigenvalue weighted by Crippen LogP contribution is 2.18. The van der Waals surface area contributed by atoms with Crippen LogP contribution in [0.5, 0.6) is 0 Å². The standard InChI is InChI=1S/C16H22IN3O5/c1-8(2)13(25-16(18)24)15(23)19-9(3)14(22)20-11-5-4-10(7-21)12(17)6-11/h4-6,8-9,13,21H,7H2,1-3H3,(H2,18,24)(H,19,23)(H,20,22). The molecule has 8 nitrogen and oxygen atoms in total. The molecule has 25 heavy (non-hydrogen) atoms. The van der Waals surface area contributed by atoms with Gasteiger partial charge in [-0.1, -0.05) is 19.9 Å². The van der Waals surface area contributed by atoms with Crippen molar-refractivity contribution < 1.29 is 24.2 Å². The third-order valence-corrected chi connectivity index (χ3v) is 4.35. The van der Waals surface area contributed by atoms with Crippen LogP contribution in [-0.2, 0) is 20.9 Å². The van der Waals surface area contributed by atoms with Crippen LogP contribution in [0.4, 0.5) is 10.5 Å². The van der Waals surface area contributed by atoms with Gasteiger partial charge in [0.2, 0.25) is 5.91 Å². The second kappa shape index (κ2) is 9.56. The van der Waals surface area contributed by atoms with Gasteiger partial charge in [-0.2, -0.15) is 0 Å². The summed E-state index contributed by atoms with van der Waals surface area (Å²) in [6, 6.07) is 4.23. The Bertz CT molecular complexity index is 651. The molecule has 0 saturated heterocycles. The fourth-order valence-electron chi connectivity index (χ4n) is 1.98. The van der Waals surface area contributed by atoms with E-state index in [1.807, 2.05) is 0 Å². The number of aliphatic hydroxyl groups excluding tert-OH is 1. The maximum Gasteiger partial charge on any atom is 0.405 e. The topological polar surface area (TPSA) is 131 Å². The molecule has 2 atom stereocenters. The number of halogens is 1. The number of benzene rings is 1. The smallest absolute Gasteiger partial charge is 0.405 e. The lowest BCUT2D eigenvalue weighted by atomic mass is 10.1. The van der Waals surface area contributed by atoms with Gasteiger partial charge in [0.05, 0.1) is 6.61 Å². The molecule has 0 bridgehead atoms. The number of amides is 3. The molecule has 138 valence electrons. The molecular formula is C16H22IN3O5. The fourth-order valence-corrected chi connectivity index (χ4v) is 2.67. The van der Waals surface area contributed by atoms with E-state index in [1.54, 1.807) is 32.0 Å². The number of nitrogens with two attached hydrogens (primary N) is 1. The van der Waals surface area contributed by atoms with Gasteiger partial charge in [0.15, 0.2) is 6.10 Å². The van der Waals surface area contributed by atoms with Crippen molar-refractivity contribution in [3.05, 3.63) is 27.3 Å². The van der Waals surface area contributed by atoms with E-state index in [0.717, 1.165) is 9.13 Å². The molecule has 0 radical (unpaired) electrons. The van der Waals surface area contributed by atoms with Gasteiger partial charge in [0.25, 0.3) is 5.91 Å². The van der Waals surface area contributed by atoms with Gasteiger partial charge in [-0.3, -0.25) is 9.59 Å². The van der Waals surface area contributed by atoms with Crippen molar-refractivity contribution in [3.63, 3.8) is 0 Å². The Morgan fingerprint density at radius 3 is 2.36 bits per heavy atom. The molecule has 5 N–H and O–H groups in total. The molecule has 0 heterocycles. The van der Waals surface area contributed by atoms with Crippen LogP contribution in [-0.4, -0.2) is 35.2 Å². The number of primary amides is 1. The van der Waals surface area contributed by atoms with Crippen LogP contribution in [0.2, 0.25) is 0 Å². The van der Waals surface area contributed by atoms with Crippen LogP contribution < -0.4 is 16.4 Å². The number of anilines is 1. The van der Waals surface area contributed by atoms with Gasteiger partial charge in [-0.05, 0) is 53.1 Å². The van der Waals surface area contributed by atoms with E-state index in [4.69, 9.17) is 15.6 Å². The summed E-state index contributed by atoms with van der Waals surface area (Å²) in [5.74, 6) is -1.32. The average molecular weight is 463 g/mol. The number of rotatable bonds is 7. The second-order valence-electron chi connectivity index (χ2n) is 5.79. The lowest BCUT2D eigenvalue weighted by Gasteiger charge is -2.22. The van der Waals surface area contributed by atoms with Crippen molar-refractivity contribution in [1.82, 2.24) is 5.32 Å². The van der Waals surface area contributed by atoms with E-state index < -0.39 is 30.1 Å². The Balaban J connectivity index is 2.71. The zero-order valence-electron chi connectivity index (χ0n) is 14.2. The van der Waals surface area contributed by atoms with Crippen molar-refractivity contribution in [2.24, 2.45) is 11.7 Å². The van der Waals surface area contributed by atoms with Gasteiger partial charge in [0.1, 0.15) is 6.04 Å². The molecule has 1 rings (SSSR count). The zero-order valence-corrected chi connectivity index (χ0v) is 16.4. The van der Waals surface area contributed by atoms with Gasteiger partial charge in [0, 0.05) is 9.26 Å². The first-order valence-electron chi connectivity index (χ1n) is 7.62. The summed E-state index contributed by atoms with van der Waals surface area (Å²) in [7, 11) is 0. The van der Waals surface area contributed by atoms with Crippen LogP contribution in [0.15, 0.2) is 18.2 Å². The van der Waals surface area contributed by atoms with Gasteiger partial charge in [-0.15, -0.1) is 0 Å². The highest BCUT2D eigenvalue weighted by atomic mass is 127. The molecule has 0 aliphatic heterocycles. The van der Waals surface area contributed by atoms with E-state index in [1.165, 1.54) is 6.92 Å². The number of ether oxygens (including phenoxy) is 1. The monoisotopic (exact) mass is 463 g/mol. The summed E-state index contributed by atoms with van der Waals surface area (Å²) >= 11 is 2.06. The predicted molar refractivity (Wildman–Crippen MR) is 101 cm³/mol. The van der Waals surface area contributed by atoms with Gasteiger partial charge < -0.3 is 26.2 Å². The molecule has 3 amide bonds. The van der Waals surface area contributed by atoms with Gasteiger partial charge in [-0.25, -0.2) is 4.79 Å².